The second-order valence-corrected chi connectivity index (χ2v) is 9.30. The van der Waals surface area contributed by atoms with E-state index in [0.717, 1.165) is 28.9 Å². The molecule has 1 heterocycles. The van der Waals surface area contributed by atoms with E-state index in [1.54, 1.807) is 12.3 Å². The molecule has 3 aromatic rings. The van der Waals surface area contributed by atoms with Crippen molar-refractivity contribution in [1.29, 1.82) is 0 Å². The van der Waals surface area contributed by atoms with Crippen molar-refractivity contribution in [3.05, 3.63) is 90.5 Å². The number of hydrogen-bond acceptors (Lipinski definition) is 3. The summed E-state index contributed by atoms with van der Waals surface area (Å²) in [5.41, 5.74) is 3.26. The first-order chi connectivity index (χ1) is 16.7. The van der Waals surface area contributed by atoms with Gasteiger partial charge < -0.3 is 4.74 Å². The monoisotopic (exact) mass is 456 g/mol. The molecule has 0 bridgehead atoms. The predicted molar refractivity (Wildman–Crippen MR) is 133 cm³/mol. The Kier molecular flexibility index (Phi) is 6.70. The van der Waals surface area contributed by atoms with Crippen LogP contribution in [0.25, 0.3) is 17.2 Å². The normalized spacial score (nSPS) is 24.0. The topological polar surface area (TPSA) is 51.2 Å². The van der Waals surface area contributed by atoms with Crippen LogP contribution in [0, 0.1) is 23.6 Å². The highest BCUT2D eigenvalue weighted by Crippen LogP contribution is 2.48. The Morgan fingerprint density at radius 2 is 1.85 bits per heavy atom. The lowest BCUT2D eigenvalue weighted by Crippen LogP contribution is -2.27. The summed E-state index contributed by atoms with van der Waals surface area (Å²) in [6.45, 7) is 0. The molecule has 2 aliphatic rings. The van der Waals surface area contributed by atoms with E-state index in [1.165, 1.54) is 37.8 Å². The summed E-state index contributed by atoms with van der Waals surface area (Å²) in [5, 5.41) is 2.85. The van der Waals surface area contributed by atoms with Crippen molar-refractivity contribution >= 4 is 17.9 Å². The molecule has 0 aliphatic heterocycles. The Bertz CT molecular complexity index is 1150. The number of nitrogens with one attached hydrogen (secondary N) is 1. The SMILES string of the molecule is O=C(Nc1ccccc1)O[C@H]1C[C@H]2CCCC[C@H]2[C@@H]1C=Cc1ccc(-c2cccc(F)c2)cn1. The van der Waals surface area contributed by atoms with Crippen molar-refractivity contribution in [2.45, 2.75) is 38.2 Å². The van der Waals surface area contributed by atoms with E-state index in [1.807, 2.05) is 54.6 Å². The third-order valence-electron chi connectivity index (χ3n) is 7.14. The van der Waals surface area contributed by atoms with Crippen LogP contribution in [0.15, 0.2) is 79.0 Å². The molecular weight excluding hydrogens is 427 g/mol. The molecule has 1 N–H and O–H groups in total. The number of anilines is 1. The van der Waals surface area contributed by atoms with Gasteiger partial charge in [0.2, 0.25) is 0 Å². The first kappa shape index (κ1) is 22.3. The highest BCUT2D eigenvalue weighted by Gasteiger charge is 2.44. The van der Waals surface area contributed by atoms with Gasteiger partial charge >= 0.3 is 6.09 Å². The molecule has 0 radical (unpaired) electrons. The van der Waals surface area contributed by atoms with E-state index in [4.69, 9.17) is 4.74 Å². The summed E-state index contributed by atoms with van der Waals surface area (Å²) in [6.07, 6.45) is 11.2. The minimum atomic E-state index is -0.397. The maximum atomic E-state index is 13.5. The molecule has 4 atom stereocenters. The largest absolute Gasteiger partial charge is 0.445 e. The van der Waals surface area contributed by atoms with Crippen LogP contribution in [0.2, 0.25) is 0 Å². The fourth-order valence-electron chi connectivity index (χ4n) is 5.52. The van der Waals surface area contributed by atoms with Crippen LogP contribution in [0.5, 0.6) is 0 Å². The zero-order chi connectivity index (χ0) is 23.3. The van der Waals surface area contributed by atoms with Crippen LogP contribution in [0.3, 0.4) is 0 Å². The number of pyridine rings is 1. The third-order valence-corrected chi connectivity index (χ3v) is 7.14. The minimum absolute atomic E-state index is 0.139. The molecule has 2 aliphatic carbocycles. The van der Waals surface area contributed by atoms with Gasteiger partial charge in [-0.05, 0) is 66.6 Å². The van der Waals surface area contributed by atoms with Gasteiger partial charge in [-0.25, -0.2) is 9.18 Å². The molecule has 34 heavy (non-hydrogen) atoms. The Morgan fingerprint density at radius 1 is 1.00 bits per heavy atom. The molecule has 0 spiro atoms. The van der Waals surface area contributed by atoms with Gasteiger partial charge in [-0.1, -0.05) is 61.7 Å². The van der Waals surface area contributed by atoms with Gasteiger partial charge in [0.05, 0.1) is 5.69 Å². The molecule has 5 rings (SSSR count). The summed E-state index contributed by atoms with van der Waals surface area (Å²) >= 11 is 0. The van der Waals surface area contributed by atoms with Crippen molar-refractivity contribution in [3.8, 4) is 11.1 Å². The Balaban J connectivity index is 1.29. The standard InChI is InChI=1S/C29H29FN2O2/c30-23-9-6-8-20(17-23)22-13-14-24(31-19-22)15-16-27-26-12-5-4-7-21(26)18-28(27)34-29(33)32-25-10-2-1-3-11-25/h1-3,6,8-11,13-17,19,21,26-28H,4-5,7,12,18H2,(H,32,33)/t21-,26-,27+,28+/m1/s1. The molecule has 0 unspecified atom stereocenters. The van der Waals surface area contributed by atoms with Crippen LogP contribution >= 0.6 is 0 Å². The molecule has 1 amide bonds. The quantitative estimate of drug-likeness (QED) is 0.437. The van der Waals surface area contributed by atoms with Crippen LogP contribution in [-0.2, 0) is 4.74 Å². The molecule has 174 valence electrons. The smallest absolute Gasteiger partial charge is 0.411 e. The minimum Gasteiger partial charge on any atom is -0.445 e. The maximum Gasteiger partial charge on any atom is 0.411 e. The molecule has 2 aromatic carbocycles. The summed E-state index contributed by atoms with van der Waals surface area (Å²) in [5.74, 6) is 1.05. The highest BCUT2D eigenvalue weighted by atomic mass is 19.1. The van der Waals surface area contributed by atoms with Crippen LogP contribution in [0.1, 0.15) is 37.8 Å². The average molecular weight is 457 g/mol. The lowest BCUT2D eigenvalue weighted by molar-refractivity contribution is 0.0921. The number of benzene rings is 2. The number of ether oxygens (including phenoxy) is 1. The van der Waals surface area contributed by atoms with E-state index >= 15 is 0 Å². The van der Waals surface area contributed by atoms with E-state index in [2.05, 4.69) is 16.4 Å². The molecule has 2 saturated carbocycles. The molecule has 4 nitrogen and oxygen atoms in total. The average Bonchev–Trinajstić information content (AvgIpc) is 3.20. The zero-order valence-electron chi connectivity index (χ0n) is 19.1. The fraction of sp³-hybridized carbons (Fsp3) is 0.310. The van der Waals surface area contributed by atoms with Crippen molar-refractivity contribution in [1.82, 2.24) is 4.98 Å². The number of amides is 1. The van der Waals surface area contributed by atoms with Gasteiger partial charge in [0.15, 0.2) is 0 Å². The number of hydrogen-bond donors (Lipinski definition) is 1. The number of carbonyl (C=O) groups is 1. The van der Waals surface area contributed by atoms with E-state index in [-0.39, 0.29) is 17.8 Å². The molecule has 0 saturated heterocycles. The number of aromatic nitrogens is 1. The maximum absolute atomic E-state index is 13.5. The molecule has 2 fully saturated rings. The summed E-state index contributed by atoms with van der Waals surface area (Å²) in [6, 6.07) is 19.8. The number of halogens is 1. The van der Waals surface area contributed by atoms with Gasteiger partial charge in [0, 0.05) is 23.4 Å². The lowest BCUT2D eigenvalue weighted by atomic mass is 9.78. The second kappa shape index (κ2) is 10.2. The molecule has 5 heteroatoms. The van der Waals surface area contributed by atoms with Gasteiger partial charge in [0.25, 0.3) is 0 Å². The molecule has 1 aromatic heterocycles. The van der Waals surface area contributed by atoms with Crippen LogP contribution in [0.4, 0.5) is 14.9 Å². The Hall–Kier alpha value is -3.47. The summed E-state index contributed by atoms with van der Waals surface area (Å²) < 4.78 is 19.5. The van der Waals surface area contributed by atoms with E-state index in [0.29, 0.717) is 11.8 Å². The predicted octanol–water partition coefficient (Wildman–Crippen LogP) is 7.34. The summed E-state index contributed by atoms with van der Waals surface area (Å²) in [4.78, 5) is 17.2. The number of rotatable bonds is 5. The fourth-order valence-corrected chi connectivity index (χ4v) is 5.52. The molecular formula is C29H29FN2O2. The number of para-hydroxylation sites is 1. The first-order valence-electron chi connectivity index (χ1n) is 12.1. The van der Waals surface area contributed by atoms with Gasteiger partial charge in [-0.15, -0.1) is 0 Å². The van der Waals surface area contributed by atoms with Gasteiger partial charge in [-0.3, -0.25) is 10.3 Å². The Labute approximate surface area is 199 Å². The van der Waals surface area contributed by atoms with Crippen LogP contribution in [-0.4, -0.2) is 17.2 Å². The van der Waals surface area contributed by atoms with E-state index < -0.39 is 6.09 Å². The first-order valence-corrected chi connectivity index (χ1v) is 12.1. The number of fused-ring (bicyclic) bond motifs is 1. The zero-order valence-corrected chi connectivity index (χ0v) is 19.1. The van der Waals surface area contributed by atoms with E-state index in [9.17, 15) is 9.18 Å². The summed E-state index contributed by atoms with van der Waals surface area (Å²) in [7, 11) is 0. The van der Waals surface area contributed by atoms with Crippen LogP contribution < -0.4 is 5.32 Å². The van der Waals surface area contributed by atoms with Gasteiger partial charge in [-0.2, -0.15) is 0 Å². The highest BCUT2D eigenvalue weighted by molar-refractivity contribution is 5.84. The van der Waals surface area contributed by atoms with Crippen molar-refractivity contribution < 1.29 is 13.9 Å². The number of carbonyl (C=O) groups excluding carboxylic acids is 1. The number of nitrogens with zero attached hydrogens (tertiary/aromatic N) is 1. The van der Waals surface area contributed by atoms with Crippen molar-refractivity contribution in [2.24, 2.45) is 17.8 Å². The van der Waals surface area contributed by atoms with Gasteiger partial charge in [0.1, 0.15) is 11.9 Å². The van der Waals surface area contributed by atoms with Crippen molar-refractivity contribution in [2.75, 3.05) is 5.32 Å². The second-order valence-electron chi connectivity index (χ2n) is 9.30. The van der Waals surface area contributed by atoms with Crippen molar-refractivity contribution in [3.63, 3.8) is 0 Å². The Morgan fingerprint density at radius 3 is 2.65 bits per heavy atom. The lowest BCUT2D eigenvalue weighted by Gasteiger charge is -2.28. The third kappa shape index (κ3) is 5.19.